The van der Waals surface area contributed by atoms with Gasteiger partial charge in [-0.05, 0) is 58.7 Å². The van der Waals surface area contributed by atoms with E-state index in [4.69, 9.17) is 10.5 Å². The van der Waals surface area contributed by atoms with Gasteiger partial charge in [0, 0.05) is 24.9 Å². The van der Waals surface area contributed by atoms with Gasteiger partial charge in [-0.15, -0.1) is 0 Å². The molecule has 0 saturated heterocycles. The SMILES string of the molecule is Cc1cc(Nc2cc(N)nc(Br)n2)ccc1Oc1ccc2c(c1)ncn2C. The summed E-state index contributed by atoms with van der Waals surface area (Å²) in [6.45, 7) is 1.99. The smallest absolute Gasteiger partial charge is 0.200 e. The minimum atomic E-state index is 0.390. The monoisotopic (exact) mass is 424 g/mol. The van der Waals surface area contributed by atoms with Crippen LogP contribution in [0.15, 0.2) is 53.5 Å². The highest BCUT2D eigenvalue weighted by molar-refractivity contribution is 9.10. The summed E-state index contributed by atoms with van der Waals surface area (Å²) in [6.07, 6.45) is 1.79. The van der Waals surface area contributed by atoms with Gasteiger partial charge in [-0.1, -0.05) is 0 Å². The normalized spacial score (nSPS) is 10.9. The number of halogens is 1. The fraction of sp³-hybridized carbons (Fsp3) is 0.105. The van der Waals surface area contributed by atoms with E-state index in [1.165, 1.54) is 0 Å². The van der Waals surface area contributed by atoms with Crippen molar-refractivity contribution in [2.45, 2.75) is 6.92 Å². The first-order valence-electron chi connectivity index (χ1n) is 8.24. The summed E-state index contributed by atoms with van der Waals surface area (Å²) in [7, 11) is 1.97. The molecule has 0 spiro atoms. The Morgan fingerprint density at radius 1 is 1.11 bits per heavy atom. The van der Waals surface area contributed by atoms with E-state index < -0.39 is 0 Å². The second-order valence-corrected chi connectivity index (χ2v) is 6.87. The third-order valence-electron chi connectivity index (χ3n) is 4.09. The van der Waals surface area contributed by atoms with E-state index >= 15 is 0 Å². The molecule has 0 aliphatic carbocycles. The van der Waals surface area contributed by atoms with Crippen molar-refractivity contribution in [1.82, 2.24) is 19.5 Å². The molecule has 2 aromatic heterocycles. The van der Waals surface area contributed by atoms with Crippen LogP contribution in [0.1, 0.15) is 5.56 Å². The number of rotatable bonds is 4. The maximum atomic E-state index is 6.04. The maximum absolute atomic E-state index is 6.04. The first-order valence-corrected chi connectivity index (χ1v) is 9.04. The number of hydrogen-bond donors (Lipinski definition) is 2. The van der Waals surface area contributed by atoms with Gasteiger partial charge < -0.3 is 20.4 Å². The van der Waals surface area contributed by atoms with Gasteiger partial charge in [-0.25, -0.2) is 15.0 Å². The van der Waals surface area contributed by atoms with Crippen molar-refractivity contribution in [3.8, 4) is 11.5 Å². The predicted octanol–water partition coefficient (Wildman–Crippen LogP) is 4.55. The molecular weight excluding hydrogens is 408 g/mol. The van der Waals surface area contributed by atoms with Gasteiger partial charge >= 0.3 is 0 Å². The Bertz CT molecular complexity index is 1120. The second-order valence-electron chi connectivity index (χ2n) is 6.16. The highest BCUT2D eigenvalue weighted by atomic mass is 79.9. The number of fused-ring (bicyclic) bond motifs is 1. The summed E-state index contributed by atoms with van der Waals surface area (Å²) in [4.78, 5) is 12.6. The van der Waals surface area contributed by atoms with Gasteiger partial charge in [0.15, 0.2) is 4.73 Å². The Morgan fingerprint density at radius 3 is 2.74 bits per heavy atom. The molecule has 0 unspecified atom stereocenters. The maximum Gasteiger partial charge on any atom is 0.200 e. The molecular formula is C19H17BrN6O. The number of anilines is 3. The summed E-state index contributed by atoms with van der Waals surface area (Å²) >= 11 is 3.24. The molecule has 2 heterocycles. The molecule has 0 bridgehead atoms. The van der Waals surface area contributed by atoms with Gasteiger partial charge in [-0.3, -0.25) is 0 Å². The number of benzene rings is 2. The van der Waals surface area contributed by atoms with E-state index in [1.807, 2.05) is 54.9 Å². The number of nitrogen functional groups attached to an aromatic ring is 1. The number of nitrogens with zero attached hydrogens (tertiary/aromatic N) is 4. The van der Waals surface area contributed by atoms with Gasteiger partial charge in [0.25, 0.3) is 0 Å². The molecule has 4 aromatic rings. The fourth-order valence-corrected chi connectivity index (χ4v) is 3.19. The van der Waals surface area contributed by atoms with E-state index in [1.54, 1.807) is 12.4 Å². The highest BCUT2D eigenvalue weighted by Crippen LogP contribution is 2.30. The Kier molecular flexibility index (Phi) is 4.41. The van der Waals surface area contributed by atoms with Crippen LogP contribution in [0.2, 0.25) is 0 Å². The number of ether oxygens (including phenoxy) is 1. The van der Waals surface area contributed by atoms with E-state index in [9.17, 15) is 0 Å². The van der Waals surface area contributed by atoms with Crippen LogP contribution < -0.4 is 15.8 Å². The zero-order valence-corrected chi connectivity index (χ0v) is 16.4. The Hall–Kier alpha value is -3.13. The van der Waals surface area contributed by atoms with E-state index in [-0.39, 0.29) is 0 Å². The molecule has 0 amide bonds. The lowest BCUT2D eigenvalue weighted by Gasteiger charge is -2.12. The van der Waals surface area contributed by atoms with Crippen LogP contribution in [-0.2, 0) is 7.05 Å². The molecule has 4 rings (SSSR count). The third kappa shape index (κ3) is 3.70. The number of aromatic nitrogens is 4. The lowest BCUT2D eigenvalue weighted by molar-refractivity contribution is 0.479. The van der Waals surface area contributed by atoms with Crippen LogP contribution in [0, 0.1) is 6.92 Å². The van der Waals surface area contributed by atoms with Crippen molar-refractivity contribution in [3.63, 3.8) is 0 Å². The average molecular weight is 425 g/mol. The standard InChI is InChI=1S/C19H17BrN6O/c1-11-7-12(23-18-9-17(21)24-19(20)25-18)3-6-16(11)27-13-4-5-15-14(8-13)22-10-26(15)2/h3-10H,1-2H3,(H3,21,23,24,25). The first-order chi connectivity index (χ1) is 13.0. The van der Waals surface area contributed by atoms with Crippen LogP contribution in [0.3, 0.4) is 0 Å². The van der Waals surface area contributed by atoms with Crippen molar-refractivity contribution in [3.05, 3.63) is 59.1 Å². The van der Waals surface area contributed by atoms with E-state index in [2.05, 4.69) is 36.2 Å². The van der Waals surface area contributed by atoms with Crippen LogP contribution in [0.25, 0.3) is 11.0 Å². The van der Waals surface area contributed by atoms with Crippen molar-refractivity contribution in [2.75, 3.05) is 11.1 Å². The summed E-state index contributed by atoms with van der Waals surface area (Å²) in [5.74, 6) is 2.53. The number of imidazole rings is 1. The molecule has 0 aliphatic rings. The minimum Gasteiger partial charge on any atom is -0.457 e. The Labute approximate surface area is 164 Å². The number of nitrogens with one attached hydrogen (secondary N) is 1. The number of hydrogen-bond acceptors (Lipinski definition) is 6. The second kappa shape index (κ2) is 6.88. The van der Waals surface area contributed by atoms with Gasteiger partial charge in [0.1, 0.15) is 23.1 Å². The largest absolute Gasteiger partial charge is 0.457 e. The topological polar surface area (TPSA) is 90.9 Å². The summed E-state index contributed by atoms with van der Waals surface area (Å²) in [6, 6.07) is 13.4. The summed E-state index contributed by atoms with van der Waals surface area (Å²) < 4.78 is 8.45. The Balaban J connectivity index is 1.55. The summed E-state index contributed by atoms with van der Waals surface area (Å²) in [5.41, 5.74) is 9.58. The van der Waals surface area contributed by atoms with Crippen LogP contribution >= 0.6 is 15.9 Å². The van der Waals surface area contributed by atoms with Crippen molar-refractivity contribution in [2.24, 2.45) is 7.05 Å². The minimum absolute atomic E-state index is 0.390. The average Bonchev–Trinajstić information content (AvgIpc) is 2.97. The van der Waals surface area contributed by atoms with Crippen LogP contribution in [0.5, 0.6) is 11.5 Å². The lowest BCUT2D eigenvalue weighted by atomic mass is 10.2. The van der Waals surface area contributed by atoms with E-state index in [0.717, 1.165) is 33.8 Å². The third-order valence-corrected chi connectivity index (χ3v) is 4.45. The molecule has 0 saturated carbocycles. The zero-order valence-electron chi connectivity index (χ0n) is 14.8. The molecule has 7 nitrogen and oxygen atoms in total. The molecule has 0 aliphatic heterocycles. The van der Waals surface area contributed by atoms with E-state index in [0.29, 0.717) is 16.4 Å². The molecule has 8 heteroatoms. The predicted molar refractivity (Wildman–Crippen MR) is 109 cm³/mol. The summed E-state index contributed by atoms with van der Waals surface area (Å²) in [5, 5.41) is 3.21. The molecule has 0 fully saturated rings. The molecule has 2 aromatic carbocycles. The van der Waals surface area contributed by atoms with Crippen molar-refractivity contribution >= 4 is 44.3 Å². The Morgan fingerprint density at radius 2 is 1.96 bits per heavy atom. The van der Waals surface area contributed by atoms with Crippen LogP contribution in [0.4, 0.5) is 17.3 Å². The number of nitrogens with two attached hydrogens (primary N) is 1. The lowest BCUT2D eigenvalue weighted by Crippen LogP contribution is -1.99. The number of aryl methyl sites for hydroxylation is 2. The molecule has 136 valence electrons. The molecule has 3 N–H and O–H groups in total. The molecule has 0 atom stereocenters. The molecule has 27 heavy (non-hydrogen) atoms. The zero-order chi connectivity index (χ0) is 19.0. The van der Waals surface area contributed by atoms with Gasteiger partial charge in [-0.2, -0.15) is 0 Å². The van der Waals surface area contributed by atoms with Gasteiger partial charge in [0.2, 0.25) is 0 Å². The highest BCUT2D eigenvalue weighted by Gasteiger charge is 2.07. The quantitative estimate of drug-likeness (QED) is 0.466. The van der Waals surface area contributed by atoms with Gasteiger partial charge in [0.05, 0.1) is 17.4 Å². The molecule has 0 radical (unpaired) electrons. The first kappa shape index (κ1) is 17.3. The van der Waals surface area contributed by atoms with Crippen molar-refractivity contribution < 1.29 is 4.74 Å². The fourth-order valence-electron chi connectivity index (χ4n) is 2.80. The van der Waals surface area contributed by atoms with Crippen molar-refractivity contribution in [1.29, 1.82) is 0 Å². The van der Waals surface area contributed by atoms with Crippen LogP contribution in [-0.4, -0.2) is 19.5 Å².